The van der Waals surface area contributed by atoms with Gasteiger partial charge in [0, 0.05) is 25.2 Å². The van der Waals surface area contributed by atoms with E-state index in [1.54, 1.807) is 7.05 Å². The van der Waals surface area contributed by atoms with E-state index in [9.17, 15) is 0 Å². The number of nitrogens with zero attached hydrogens (tertiary/aromatic N) is 2. The molecule has 0 bridgehead atoms. The lowest BCUT2D eigenvalue weighted by Gasteiger charge is -1.98. The highest BCUT2D eigenvalue weighted by molar-refractivity contribution is 6.09. The van der Waals surface area contributed by atoms with Crippen LogP contribution in [0.3, 0.4) is 0 Å². The maximum absolute atomic E-state index is 3.99. The lowest BCUT2D eigenvalue weighted by Crippen LogP contribution is -1.87. The molecule has 1 fully saturated rings. The van der Waals surface area contributed by atoms with Gasteiger partial charge >= 0.3 is 0 Å². The van der Waals surface area contributed by atoms with E-state index in [0.29, 0.717) is 6.04 Å². The van der Waals surface area contributed by atoms with E-state index in [4.69, 9.17) is 0 Å². The quantitative estimate of drug-likeness (QED) is 0.576. The van der Waals surface area contributed by atoms with E-state index in [-0.39, 0.29) is 0 Å². The summed E-state index contributed by atoms with van der Waals surface area (Å²) in [5.41, 5.74) is 4.90. The standard InChI is InChI=1S/C11H13N.C8H9N/c1-3-10(9-12-2)11-7-5-4-6-8-11;1-6-3-4-9-7(2)8(9)5-6/h3-9H,1-2H3;3-5,7H,1H2,2H3/b10-3+,12-9?;. The third-order valence-electron chi connectivity index (χ3n) is 3.54. The average Bonchev–Trinajstić information content (AvgIpc) is 3.16. The summed E-state index contributed by atoms with van der Waals surface area (Å²) in [5.74, 6) is 0. The van der Waals surface area contributed by atoms with Crippen molar-refractivity contribution in [3.8, 4) is 0 Å². The molecule has 108 valence electrons. The van der Waals surface area contributed by atoms with Crippen molar-refractivity contribution in [1.29, 1.82) is 0 Å². The summed E-state index contributed by atoms with van der Waals surface area (Å²) in [4.78, 5) is 6.22. The summed E-state index contributed by atoms with van der Waals surface area (Å²) in [7, 11) is 1.78. The first-order valence-electron chi connectivity index (χ1n) is 7.18. The maximum atomic E-state index is 3.99. The van der Waals surface area contributed by atoms with Crippen molar-refractivity contribution in [3.05, 3.63) is 78.2 Å². The Morgan fingerprint density at radius 1 is 1.29 bits per heavy atom. The van der Waals surface area contributed by atoms with Crippen LogP contribution in [0.2, 0.25) is 0 Å². The predicted octanol–water partition coefficient (Wildman–Crippen LogP) is 4.45. The van der Waals surface area contributed by atoms with Crippen molar-refractivity contribution >= 4 is 11.8 Å². The molecule has 3 rings (SSSR count). The van der Waals surface area contributed by atoms with Crippen molar-refractivity contribution in [3.63, 3.8) is 0 Å². The zero-order valence-electron chi connectivity index (χ0n) is 13.0. The molecule has 1 atom stereocenters. The van der Waals surface area contributed by atoms with Crippen molar-refractivity contribution in [2.45, 2.75) is 19.9 Å². The Balaban J connectivity index is 0.000000159. The van der Waals surface area contributed by atoms with E-state index in [1.807, 2.05) is 37.4 Å². The summed E-state index contributed by atoms with van der Waals surface area (Å²) in [6, 6.07) is 10.9. The lowest BCUT2D eigenvalue weighted by atomic mass is 10.1. The summed E-state index contributed by atoms with van der Waals surface area (Å²) >= 11 is 0. The summed E-state index contributed by atoms with van der Waals surface area (Å²) in [6.45, 7) is 8.04. The zero-order chi connectivity index (χ0) is 15.2. The molecule has 2 heterocycles. The number of hydrogen-bond acceptors (Lipinski definition) is 2. The summed E-state index contributed by atoms with van der Waals surface area (Å²) in [6.07, 6.45) is 10.2. The van der Waals surface area contributed by atoms with Gasteiger partial charge in [-0.05, 0) is 42.7 Å². The molecule has 1 aromatic carbocycles. The number of aliphatic imine (C=N–C) groups is 1. The molecular weight excluding hydrogens is 256 g/mol. The number of fused-ring (bicyclic) bond motifs is 1. The third-order valence-corrected chi connectivity index (χ3v) is 3.54. The Labute approximate surface area is 127 Å². The predicted molar refractivity (Wildman–Crippen MR) is 92.2 cm³/mol. The van der Waals surface area contributed by atoms with Gasteiger partial charge in [0.15, 0.2) is 0 Å². The van der Waals surface area contributed by atoms with E-state index in [1.165, 1.54) is 11.3 Å². The van der Waals surface area contributed by atoms with Gasteiger partial charge in [-0.1, -0.05) is 43.0 Å². The van der Waals surface area contributed by atoms with Gasteiger partial charge in [0.1, 0.15) is 0 Å². The molecule has 0 saturated carbocycles. The second-order valence-corrected chi connectivity index (χ2v) is 5.04. The first-order valence-corrected chi connectivity index (χ1v) is 7.18. The molecule has 1 unspecified atom stereocenters. The molecule has 0 radical (unpaired) electrons. The monoisotopic (exact) mass is 278 g/mol. The van der Waals surface area contributed by atoms with Crippen molar-refractivity contribution < 1.29 is 0 Å². The van der Waals surface area contributed by atoms with Gasteiger partial charge in [-0.15, -0.1) is 0 Å². The Morgan fingerprint density at radius 2 is 2.00 bits per heavy atom. The highest BCUT2D eigenvalue weighted by Crippen LogP contribution is 2.36. The maximum Gasteiger partial charge on any atom is 0.0707 e. The van der Waals surface area contributed by atoms with Gasteiger partial charge in [-0.25, -0.2) is 0 Å². The first kappa shape index (κ1) is 15.0. The molecule has 0 spiro atoms. The first-order chi connectivity index (χ1) is 10.2. The van der Waals surface area contributed by atoms with E-state index in [2.05, 4.69) is 53.9 Å². The smallest absolute Gasteiger partial charge is 0.0707 e. The van der Waals surface area contributed by atoms with Crippen LogP contribution in [0.1, 0.15) is 19.4 Å². The minimum Gasteiger partial charge on any atom is -0.341 e. The van der Waals surface area contributed by atoms with Crippen LogP contribution >= 0.6 is 0 Å². The van der Waals surface area contributed by atoms with Crippen LogP contribution in [-0.4, -0.2) is 24.2 Å². The van der Waals surface area contributed by atoms with Gasteiger partial charge in [0.05, 0.1) is 6.04 Å². The number of hydrogen-bond donors (Lipinski definition) is 0. The number of benzene rings is 1. The molecule has 0 aliphatic carbocycles. The molecule has 1 saturated heterocycles. The fourth-order valence-corrected chi connectivity index (χ4v) is 2.25. The van der Waals surface area contributed by atoms with E-state index >= 15 is 0 Å². The Kier molecular flexibility index (Phi) is 4.94. The minimum atomic E-state index is 0.639. The van der Waals surface area contributed by atoms with Crippen LogP contribution in [0, 0.1) is 0 Å². The second kappa shape index (κ2) is 6.89. The van der Waals surface area contributed by atoms with Crippen LogP contribution < -0.4 is 0 Å². The van der Waals surface area contributed by atoms with Gasteiger partial charge in [-0.2, -0.15) is 0 Å². The third kappa shape index (κ3) is 3.82. The van der Waals surface area contributed by atoms with Crippen LogP contribution in [0.25, 0.3) is 5.57 Å². The average molecular weight is 278 g/mol. The molecule has 0 amide bonds. The second-order valence-electron chi connectivity index (χ2n) is 5.04. The molecule has 0 N–H and O–H groups in total. The minimum absolute atomic E-state index is 0.639. The van der Waals surface area contributed by atoms with E-state index < -0.39 is 0 Å². The molecule has 2 heteroatoms. The van der Waals surface area contributed by atoms with Crippen molar-refractivity contribution in [2.24, 2.45) is 4.99 Å². The molecule has 2 nitrogen and oxygen atoms in total. The highest BCUT2D eigenvalue weighted by atomic mass is 15.3. The van der Waals surface area contributed by atoms with E-state index in [0.717, 1.165) is 11.1 Å². The fraction of sp³-hybridized carbons (Fsp3) is 0.211. The van der Waals surface area contributed by atoms with Crippen molar-refractivity contribution in [1.82, 2.24) is 4.90 Å². The molecular formula is C19H22N2. The normalized spacial score (nSPS) is 19.9. The molecule has 21 heavy (non-hydrogen) atoms. The highest BCUT2D eigenvalue weighted by Gasteiger charge is 2.35. The summed E-state index contributed by atoms with van der Waals surface area (Å²) in [5, 5.41) is 0. The van der Waals surface area contributed by atoms with Crippen LogP contribution in [0.4, 0.5) is 0 Å². The largest absolute Gasteiger partial charge is 0.341 e. The van der Waals surface area contributed by atoms with Crippen LogP contribution in [0.15, 0.2) is 77.6 Å². The van der Waals surface area contributed by atoms with Crippen LogP contribution in [0.5, 0.6) is 0 Å². The SMILES string of the molecule is C/C=C(\C=NC)c1ccccc1.C=C1C=CN2C(=C1)C2C. The Morgan fingerprint density at radius 3 is 2.52 bits per heavy atom. The van der Waals surface area contributed by atoms with Gasteiger partial charge < -0.3 is 4.90 Å². The topological polar surface area (TPSA) is 15.4 Å². The van der Waals surface area contributed by atoms with Gasteiger partial charge in [0.2, 0.25) is 0 Å². The van der Waals surface area contributed by atoms with Gasteiger partial charge in [-0.3, -0.25) is 4.99 Å². The zero-order valence-corrected chi connectivity index (χ0v) is 13.0. The molecule has 1 aromatic rings. The molecule has 2 aliphatic heterocycles. The Hall–Kier alpha value is -2.35. The number of allylic oxidation sites excluding steroid dienone is 5. The molecule has 2 aliphatic rings. The van der Waals surface area contributed by atoms with Crippen LogP contribution in [-0.2, 0) is 0 Å². The van der Waals surface area contributed by atoms with Crippen molar-refractivity contribution in [2.75, 3.05) is 7.05 Å². The number of rotatable bonds is 2. The van der Waals surface area contributed by atoms with Gasteiger partial charge in [0.25, 0.3) is 0 Å². The summed E-state index contributed by atoms with van der Waals surface area (Å²) < 4.78 is 0. The molecule has 0 aromatic heterocycles. The lowest BCUT2D eigenvalue weighted by molar-refractivity contribution is 0.712. The Bertz CT molecular complexity index is 618. The fourth-order valence-electron chi connectivity index (χ4n) is 2.25.